The van der Waals surface area contributed by atoms with Crippen LogP contribution >= 0.6 is 7.37 Å². The fraction of sp³-hybridized carbons (Fsp3) is 0.636. The third kappa shape index (κ3) is 9.52. The molecule has 0 aromatic carbocycles. The largest absolute Gasteiger partial charge is 0.481 e. The number of rotatable bonds is 11. The van der Waals surface area contributed by atoms with Crippen molar-refractivity contribution < 1.29 is 39.2 Å². The number of hydrogen-bond donors (Lipinski definition) is 4. The summed E-state index contributed by atoms with van der Waals surface area (Å²) in [6.07, 6.45) is -0.112. The van der Waals surface area contributed by atoms with Crippen LogP contribution in [0.25, 0.3) is 0 Å². The fourth-order valence-electron chi connectivity index (χ4n) is 1.53. The highest BCUT2D eigenvalue weighted by atomic mass is 31.2. The standard InChI is InChI=1S/C11H18O8P/c12-9(13)3-1-2-6-20(18,19)7-8(11(16)17)4-5-10(14)15/h2,8H,1,3-7H2,(H,12,13)(H,14,15)(H,16,17)(H,18,19). The van der Waals surface area contributed by atoms with E-state index in [1.807, 2.05) is 0 Å². The number of hydrogen-bond acceptors (Lipinski definition) is 4. The number of aliphatic carboxylic acids is 3. The SMILES string of the molecule is O=C(O)CC[CH]CP(=O)(O)CC(CCC(=O)O)C(=O)O. The van der Waals surface area contributed by atoms with Crippen molar-refractivity contribution in [2.45, 2.75) is 25.7 Å². The van der Waals surface area contributed by atoms with E-state index in [-0.39, 0.29) is 31.8 Å². The van der Waals surface area contributed by atoms with Gasteiger partial charge in [-0.1, -0.05) is 0 Å². The first kappa shape index (κ1) is 18.6. The second-order valence-electron chi connectivity index (χ2n) is 4.40. The molecule has 8 nitrogen and oxygen atoms in total. The maximum absolute atomic E-state index is 11.8. The predicted octanol–water partition coefficient (Wildman–Crippen LogP) is 0.891. The van der Waals surface area contributed by atoms with Crippen LogP contribution < -0.4 is 0 Å². The fourth-order valence-corrected chi connectivity index (χ4v) is 3.29. The lowest BCUT2D eigenvalue weighted by atomic mass is 10.1. The molecule has 0 aliphatic carbocycles. The maximum Gasteiger partial charge on any atom is 0.307 e. The zero-order valence-corrected chi connectivity index (χ0v) is 11.7. The molecule has 0 rings (SSSR count). The predicted molar refractivity (Wildman–Crippen MR) is 68.7 cm³/mol. The molecule has 2 unspecified atom stereocenters. The molecule has 115 valence electrons. The number of carboxylic acids is 3. The summed E-state index contributed by atoms with van der Waals surface area (Å²) in [5.74, 6) is -4.71. The van der Waals surface area contributed by atoms with Crippen LogP contribution in [0.5, 0.6) is 0 Å². The van der Waals surface area contributed by atoms with Crippen LogP contribution in [0, 0.1) is 12.3 Å². The summed E-state index contributed by atoms with van der Waals surface area (Å²) in [4.78, 5) is 41.2. The Bertz CT molecular complexity index is 405. The average molecular weight is 309 g/mol. The smallest absolute Gasteiger partial charge is 0.307 e. The molecule has 0 aliphatic heterocycles. The molecule has 0 aliphatic rings. The molecule has 2 atom stereocenters. The number of carboxylic acid groups (broad SMARTS) is 3. The van der Waals surface area contributed by atoms with Gasteiger partial charge >= 0.3 is 17.9 Å². The van der Waals surface area contributed by atoms with E-state index in [9.17, 15) is 23.8 Å². The number of carbonyl (C=O) groups is 3. The highest BCUT2D eigenvalue weighted by Gasteiger charge is 2.28. The minimum absolute atomic E-state index is 0.118. The molecule has 20 heavy (non-hydrogen) atoms. The third-order valence-electron chi connectivity index (χ3n) is 2.54. The van der Waals surface area contributed by atoms with Gasteiger partial charge in [-0.05, 0) is 19.3 Å². The Balaban J connectivity index is 4.29. The van der Waals surface area contributed by atoms with Crippen LogP contribution in [0.2, 0.25) is 0 Å². The highest BCUT2D eigenvalue weighted by Crippen LogP contribution is 2.44. The maximum atomic E-state index is 11.8. The summed E-state index contributed by atoms with van der Waals surface area (Å²) >= 11 is 0. The lowest BCUT2D eigenvalue weighted by molar-refractivity contribution is -0.142. The van der Waals surface area contributed by atoms with Gasteiger partial charge in [0.1, 0.15) is 0 Å². The Labute approximate surface area is 115 Å². The van der Waals surface area contributed by atoms with E-state index in [0.29, 0.717) is 0 Å². The molecular formula is C11H18O8P. The van der Waals surface area contributed by atoms with Gasteiger partial charge in [-0.3, -0.25) is 18.9 Å². The van der Waals surface area contributed by atoms with Crippen molar-refractivity contribution in [3.05, 3.63) is 6.42 Å². The van der Waals surface area contributed by atoms with E-state index in [4.69, 9.17) is 15.3 Å². The minimum atomic E-state index is -3.74. The van der Waals surface area contributed by atoms with Gasteiger partial charge in [0.05, 0.1) is 5.92 Å². The zero-order chi connectivity index (χ0) is 15.8. The van der Waals surface area contributed by atoms with E-state index in [1.165, 1.54) is 6.42 Å². The van der Waals surface area contributed by atoms with Crippen molar-refractivity contribution in [1.82, 2.24) is 0 Å². The van der Waals surface area contributed by atoms with E-state index in [2.05, 4.69) is 0 Å². The molecule has 0 amide bonds. The van der Waals surface area contributed by atoms with Crippen molar-refractivity contribution in [2.75, 3.05) is 12.3 Å². The third-order valence-corrected chi connectivity index (χ3v) is 4.38. The van der Waals surface area contributed by atoms with Gasteiger partial charge < -0.3 is 20.2 Å². The van der Waals surface area contributed by atoms with Gasteiger partial charge in [0.2, 0.25) is 7.37 Å². The molecule has 0 aromatic heterocycles. The summed E-state index contributed by atoms with van der Waals surface area (Å²) in [5, 5.41) is 25.8. The van der Waals surface area contributed by atoms with Gasteiger partial charge in [0, 0.05) is 25.2 Å². The lowest BCUT2D eigenvalue weighted by Gasteiger charge is -2.16. The van der Waals surface area contributed by atoms with Gasteiger partial charge in [-0.15, -0.1) is 0 Å². The van der Waals surface area contributed by atoms with Crippen molar-refractivity contribution in [3.8, 4) is 0 Å². The molecule has 0 fully saturated rings. The van der Waals surface area contributed by atoms with E-state index < -0.39 is 37.4 Å². The summed E-state index contributed by atoms with van der Waals surface area (Å²) in [5.41, 5.74) is 0. The summed E-state index contributed by atoms with van der Waals surface area (Å²) in [7, 11) is -3.74. The highest BCUT2D eigenvalue weighted by molar-refractivity contribution is 7.58. The van der Waals surface area contributed by atoms with Crippen LogP contribution in [0.15, 0.2) is 0 Å². The van der Waals surface area contributed by atoms with Crippen LogP contribution in [-0.4, -0.2) is 50.4 Å². The summed E-state index contributed by atoms with van der Waals surface area (Å²) in [6, 6.07) is 0. The van der Waals surface area contributed by atoms with Gasteiger partial charge in [0.25, 0.3) is 0 Å². The van der Waals surface area contributed by atoms with E-state index in [0.717, 1.165) is 0 Å². The molecule has 0 aromatic rings. The van der Waals surface area contributed by atoms with Crippen LogP contribution in [0.4, 0.5) is 0 Å². The molecule has 1 radical (unpaired) electrons. The van der Waals surface area contributed by atoms with Crippen LogP contribution in [0.1, 0.15) is 25.7 Å². The Kier molecular flexibility index (Phi) is 8.10. The molecule has 4 N–H and O–H groups in total. The molecule has 9 heteroatoms. The first-order chi connectivity index (χ1) is 9.14. The second-order valence-corrected chi connectivity index (χ2v) is 6.82. The molecular weight excluding hydrogens is 291 g/mol. The zero-order valence-electron chi connectivity index (χ0n) is 10.8. The van der Waals surface area contributed by atoms with Crippen molar-refractivity contribution >= 4 is 25.3 Å². The summed E-state index contributed by atoms with van der Waals surface area (Å²) in [6.45, 7) is 0. The minimum Gasteiger partial charge on any atom is -0.481 e. The molecule has 0 saturated carbocycles. The number of unbranched alkanes of at least 4 members (excludes halogenated alkanes) is 1. The molecule has 0 heterocycles. The van der Waals surface area contributed by atoms with Crippen LogP contribution in [0.3, 0.4) is 0 Å². The van der Waals surface area contributed by atoms with Gasteiger partial charge in [-0.2, -0.15) is 0 Å². The van der Waals surface area contributed by atoms with Crippen molar-refractivity contribution in [3.63, 3.8) is 0 Å². The average Bonchev–Trinajstić information content (AvgIpc) is 2.29. The van der Waals surface area contributed by atoms with Crippen molar-refractivity contribution in [2.24, 2.45) is 5.92 Å². The molecule has 0 saturated heterocycles. The van der Waals surface area contributed by atoms with E-state index >= 15 is 0 Å². The first-order valence-electron chi connectivity index (χ1n) is 5.93. The van der Waals surface area contributed by atoms with E-state index in [1.54, 1.807) is 0 Å². The first-order valence-corrected chi connectivity index (χ1v) is 7.96. The monoisotopic (exact) mass is 309 g/mol. The van der Waals surface area contributed by atoms with Gasteiger partial charge in [-0.25, -0.2) is 0 Å². The Morgan fingerprint density at radius 2 is 1.60 bits per heavy atom. The topological polar surface area (TPSA) is 149 Å². The molecule has 0 bridgehead atoms. The van der Waals surface area contributed by atoms with Crippen molar-refractivity contribution in [1.29, 1.82) is 0 Å². The van der Waals surface area contributed by atoms with Crippen LogP contribution in [-0.2, 0) is 18.9 Å². The quantitative estimate of drug-likeness (QED) is 0.324. The lowest BCUT2D eigenvalue weighted by Crippen LogP contribution is -2.20. The Morgan fingerprint density at radius 3 is 2.05 bits per heavy atom. The van der Waals surface area contributed by atoms with Gasteiger partial charge in [0.15, 0.2) is 0 Å². The molecule has 0 spiro atoms. The Morgan fingerprint density at radius 1 is 1.05 bits per heavy atom. The Hall–Kier alpha value is -1.40. The normalized spacial score (nSPS) is 15.2. The second kappa shape index (κ2) is 8.71. The summed E-state index contributed by atoms with van der Waals surface area (Å²) < 4.78 is 11.8.